The summed E-state index contributed by atoms with van der Waals surface area (Å²) in [5.74, 6) is -0.459. The highest BCUT2D eigenvalue weighted by Crippen LogP contribution is 2.32. The highest BCUT2D eigenvalue weighted by atomic mass is 35.5. The van der Waals surface area contributed by atoms with Crippen LogP contribution in [0.4, 0.5) is 5.69 Å². The first-order valence-corrected chi connectivity index (χ1v) is 12.2. The molecule has 1 aliphatic heterocycles. The van der Waals surface area contributed by atoms with E-state index < -0.39 is 11.9 Å². The zero-order valence-corrected chi connectivity index (χ0v) is 22.0. The minimum absolute atomic E-state index is 0.146. The van der Waals surface area contributed by atoms with Gasteiger partial charge >= 0.3 is 5.97 Å². The van der Waals surface area contributed by atoms with Crippen molar-refractivity contribution in [1.82, 2.24) is 4.90 Å². The summed E-state index contributed by atoms with van der Waals surface area (Å²) < 4.78 is 10.6. The fourth-order valence-corrected chi connectivity index (χ4v) is 4.31. The van der Waals surface area contributed by atoms with E-state index >= 15 is 0 Å². The average Bonchev–Trinajstić information content (AvgIpc) is 3.09. The molecule has 0 spiro atoms. The molecule has 0 radical (unpaired) electrons. The van der Waals surface area contributed by atoms with Gasteiger partial charge in [0.05, 0.1) is 17.8 Å². The molecule has 1 heterocycles. The molecule has 4 rings (SSSR count). The lowest BCUT2D eigenvalue weighted by molar-refractivity contribution is -0.140. The Morgan fingerprint density at radius 1 is 0.972 bits per heavy atom. The Morgan fingerprint density at radius 2 is 1.61 bits per heavy atom. The van der Waals surface area contributed by atoms with Gasteiger partial charge in [0.15, 0.2) is 5.11 Å². The number of carbonyl (C=O) groups is 2. The third kappa shape index (κ3) is 5.82. The molecule has 6 nitrogen and oxygen atoms in total. The Kier molecular flexibility index (Phi) is 8.16. The van der Waals surface area contributed by atoms with Gasteiger partial charge in [0.25, 0.3) is 5.91 Å². The van der Waals surface area contributed by atoms with Crippen LogP contribution in [-0.2, 0) is 20.9 Å². The molecule has 0 N–H and O–H groups in total. The summed E-state index contributed by atoms with van der Waals surface area (Å²) in [5.41, 5.74) is 2.29. The predicted octanol–water partition coefficient (Wildman–Crippen LogP) is 6.37. The van der Waals surface area contributed by atoms with E-state index in [1.165, 1.54) is 16.9 Å². The monoisotopic (exact) mass is 560 g/mol. The van der Waals surface area contributed by atoms with Crippen LogP contribution in [0.15, 0.2) is 72.4 Å². The van der Waals surface area contributed by atoms with Gasteiger partial charge < -0.3 is 14.4 Å². The standard InChI is InChI=1S/C26H19Cl3N2O4S/c1-34-24(32)14-30-22(25(33)31(26(30)36)20-9-7-19(28)8-10-20)13-17-4-11-23(21(29)12-17)35-15-16-2-5-18(27)6-3-16/h2-13H,14-15H2,1H3/b22-13-. The maximum atomic E-state index is 13.4. The number of anilines is 1. The number of halogens is 3. The largest absolute Gasteiger partial charge is 0.487 e. The lowest BCUT2D eigenvalue weighted by atomic mass is 10.1. The molecule has 1 amide bonds. The Morgan fingerprint density at radius 3 is 2.22 bits per heavy atom. The second-order valence-electron chi connectivity index (χ2n) is 7.70. The molecular weight excluding hydrogens is 543 g/mol. The van der Waals surface area contributed by atoms with E-state index in [1.807, 2.05) is 12.1 Å². The van der Waals surface area contributed by atoms with Crippen LogP contribution in [0.2, 0.25) is 15.1 Å². The average molecular weight is 562 g/mol. The van der Waals surface area contributed by atoms with E-state index in [4.69, 9.17) is 56.5 Å². The number of ether oxygens (including phenoxy) is 2. The van der Waals surface area contributed by atoms with Crippen molar-refractivity contribution in [2.24, 2.45) is 0 Å². The normalized spacial score (nSPS) is 14.5. The molecule has 3 aromatic rings. The first-order chi connectivity index (χ1) is 17.3. The molecule has 0 aromatic heterocycles. The SMILES string of the molecule is COC(=O)CN1C(=S)N(c2ccc(Cl)cc2)C(=O)/C1=C/c1ccc(OCc2ccc(Cl)cc2)c(Cl)c1. The number of methoxy groups -OCH3 is 1. The van der Waals surface area contributed by atoms with Crippen LogP contribution >= 0.6 is 47.0 Å². The number of esters is 1. The van der Waals surface area contributed by atoms with Gasteiger partial charge in [-0.15, -0.1) is 0 Å². The summed E-state index contributed by atoms with van der Waals surface area (Å²) >= 11 is 23.9. The van der Waals surface area contributed by atoms with Crippen LogP contribution in [0.5, 0.6) is 5.75 Å². The van der Waals surface area contributed by atoms with Gasteiger partial charge in [-0.05, 0) is 78.0 Å². The van der Waals surface area contributed by atoms with E-state index in [0.717, 1.165) is 5.56 Å². The number of amides is 1. The van der Waals surface area contributed by atoms with Gasteiger partial charge in [0.1, 0.15) is 24.6 Å². The summed E-state index contributed by atoms with van der Waals surface area (Å²) in [6.07, 6.45) is 1.61. The van der Waals surface area contributed by atoms with Crippen LogP contribution in [-0.4, -0.2) is 35.5 Å². The molecule has 184 valence electrons. The number of carbonyl (C=O) groups excluding carboxylic acids is 2. The fraction of sp³-hybridized carbons (Fsp3) is 0.115. The highest BCUT2D eigenvalue weighted by molar-refractivity contribution is 7.80. The zero-order chi connectivity index (χ0) is 25.8. The second-order valence-corrected chi connectivity index (χ2v) is 9.34. The van der Waals surface area contributed by atoms with Crippen molar-refractivity contribution >= 4 is 75.8 Å². The number of thiocarbonyl (C=S) groups is 1. The van der Waals surface area contributed by atoms with Gasteiger partial charge in [-0.25, -0.2) is 0 Å². The molecule has 10 heteroatoms. The minimum atomic E-state index is -0.544. The molecule has 1 aliphatic rings. The lowest BCUT2D eigenvalue weighted by Gasteiger charge is -2.19. The number of benzene rings is 3. The molecule has 0 aliphatic carbocycles. The van der Waals surface area contributed by atoms with Crippen molar-refractivity contribution in [3.8, 4) is 5.75 Å². The molecule has 0 unspecified atom stereocenters. The number of nitrogens with zero attached hydrogens (tertiary/aromatic N) is 2. The second kappa shape index (κ2) is 11.3. The van der Waals surface area contributed by atoms with E-state index in [-0.39, 0.29) is 17.4 Å². The van der Waals surface area contributed by atoms with Crippen molar-refractivity contribution in [2.45, 2.75) is 6.61 Å². The molecule has 0 saturated carbocycles. The maximum Gasteiger partial charge on any atom is 0.325 e. The summed E-state index contributed by atoms with van der Waals surface area (Å²) in [6, 6.07) is 19.1. The van der Waals surface area contributed by atoms with Crippen molar-refractivity contribution < 1.29 is 19.1 Å². The van der Waals surface area contributed by atoms with Crippen molar-refractivity contribution in [1.29, 1.82) is 0 Å². The van der Waals surface area contributed by atoms with E-state index in [2.05, 4.69) is 0 Å². The number of hydrogen-bond acceptors (Lipinski definition) is 5. The van der Waals surface area contributed by atoms with Crippen LogP contribution in [0.3, 0.4) is 0 Å². The van der Waals surface area contributed by atoms with Crippen molar-refractivity contribution in [3.63, 3.8) is 0 Å². The first kappa shape index (κ1) is 26.0. The van der Waals surface area contributed by atoms with E-state index in [0.29, 0.717) is 38.7 Å². The first-order valence-electron chi connectivity index (χ1n) is 10.6. The quantitative estimate of drug-likeness (QED) is 0.190. The summed E-state index contributed by atoms with van der Waals surface area (Å²) in [6.45, 7) is 0.0834. The Hall–Kier alpha value is -3.10. The molecule has 0 bridgehead atoms. The van der Waals surface area contributed by atoms with Gasteiger partial charge in [-0.2, -0.15) is 0 Å². The van der Waals surface area contributed by atoms with Crippen LogP contribution in [0.1, 0.15) is 11.1 Å². The summed E-state index contributed by atoms with van der Waals surface area (Å²) in [5, 5.41) is 1.67. The zero-order valence-electron chi connectivity index (χ0n) is 18.9. The molecule has 1 fully saturated rings. The van der Waals surface area contributed by atoms with Crippen molar-refractivity contribution in [3.05, 3.63) is 98.6 Å². The smallest absolute Gasteiger partial charge is 0.325 e. The molecule has 0 atom stereocenters. The van der Waals surface area contributed by atoms with Crippen LogP contribution in [0, 0.1) is 0 Å². The van der Waals surface area contributed by atoms with Gasteiger partial charge in [-0.3, -0.25) is 14.5 Å². The third-order valence-electron chi connectivity index (χ3n) is 5.30. The van der Waals surface area contributed by atoms with E-state index in [9.17, 15) is 9.59 Å². The molecule has 3 aromatic carbocycles. The van der Waals surface area contributed by atoms with Gasteiger partial charge in [-0.1, -0.05) is 53.0 Å². The fourth-order valence-electron chi connectivity index (χ4n) is 3.47. The molecule has 1 saturated heterocycles. The summed E-state index contributed by atoms with van der Waals surface area (Å²) in [4.78, 5) is 28.2. The van der Waals surface area contributed by atoms with Crippen LogP contribution in [0.25, 0.3) is 6.08 Å². The lowest BCUT2D eigenvalue weighted by Crippen LogP contribution is -2.35. The van der Waals surface area contributed by atoms with Crippen LogP contribution < -0.4 is 9.64 Å². The molecule has 36 heavy (non-hydrogen) atoms. The van der Waals surface area contributed by atoms with Crippen molar-refractivity contribution in [2.75, 3.05) is 18.6 Å². The minimum Gasteiger partial charge on any atom is -0.487 e. The van der Waals surface area contributed by atoms with E-state index in [1.54, 1.807) is 60.7 Å². The van der Waals surface area contributed by atoms with Gasteiger partial charge in [0.2, 0.25) is 0 Å². The number of rotatable bonds is 7. The topological polar surface area (TPSA) is 59.1 Å². The van der Waals surface area contributed by atoms with Gasteiger partial charge in [0, 0.05) is 10.0 Å². The Balaban J connectivity index is 1.61. The molecular formula is C26H19Cl3N2O4S. The Bertz CT molecular complexity index is 1340. The number of hydrogen-bond donors (Lipinski definition) is 0. The summed E-state index contributed by atoms with van der Waals surface area (Å²) in [7, 11) is 1.27. The highest BCUT2D eigenvalue weighted by Gasteiger charge is 2.40. The third-order valence-corrected chi connectivity index (χ3v) is 6.50. The predicted molar refractivity (Wildman–Crippen MR) is 145 cm³/mol. The Labute approximate surface area is 228 Å². The maximum absolute atomic E-state index is 13.4.